The maximum Gasteiger partial charge on any atom is 0.332 e. The molecule has 1 atom stereocenters. The second kappa shape index (κ2) is 10.8. The third-order valence-electron chi connectivity index (χ3n) is 4.93. The highest BCUT2D eigenvalue weighted by atomic mass is 16.6. The molecule has 172 valence electrons. The van der Waals surface area contributed by atoms with Crippen molar-refractivity contribution in [1.82, 2.24) is 10.2 Å². The van der Waals surface area contributed by atoms with Crippen LogP contribution in [0.15, 0.2) is 18.2 Å². The summed E-state index contributed by atoms with van der Waals surface area (Å²) in [5, 5.41) is 5.24. The Balaban J connectivity index is 1.50. The molecule has 0 spiro atoms. The Morgan fingerprint density at radius 3 is 2.66 bits per heavy atom. The third-order valence-corrected chi connectivity index (χ3v) is 4.93. The molecular formula is C21H25N3O8. The Kier molecular flexibility index (Phi) is 7.90. The van der Waals surface area contributed by atoms with Crippen LogP contribution in [0.1, 0.15) is 40.5 Å². The van der Waals surface area contributed by atoms with Gasteiger partial charge < -0.3 is 19.5 Å². The van der Waals surface area contributed by atoms with Crippen LogP contribution in [0.5, 0.6) is 0 Å². The van der Waals surface area contributed by atoms with Crippen molar-refractivity contribution in [3.8, 4) is 0 Å². The smallest absolute Gasteiger partial charge is 0.332 e. The SMILES string of the molecule is CCOC(=O)COCCOCCNc1cccc2c1C(=O)N(C1CCC(=O)NC1=O)C2=O. The molecule has 1 unspecified atom stereocenters. The second-order valence-electron chi connectivity index (χ2n) is 7.07. The van der Waals surface area contributed by atoms with Crippen molar-refractivity contribution in [2.24, 2.45) is 0 Å². The number of hydrogen-bond acceptors (Lipinski definition) is 9. The topological polar surface area (TPSA) is 140 Å². The molecule has 3 rings (SSSR count). The van der Waals surface area contributed by atoms with Crippen LogP contribution in [-0.4, -0.2) is 80.1 Å². The highest BCUT2D eigenvalue weighted by Gasteiger charge is 2.45. The van der Waals surface area contributed by atoms with Crippen LogP contribution in [0.3, 0.4) is 0 Å². The molecule has 0 aromatic heterocycles. The maximum atomic E-state index is 13.0. The summed E-state index contributed by atoms with van der Waals surface area (Å²) in [7, 11) is 0. The first-order chi connectivity index (χ1) is 15.4. The minimum atomic E-state index is -1.01. The third kappa shape index (κ3) is 5.29. The standard InChI is InChI=1S/C21H25N3O8/c1-2-32-17(26)12-31-11-10-30-9-8-22-14-5-3-4-13-18(14)21(29)24(20(13)28)15-6-7-16(25)23-19(15)27/h3-5,15,22H,2,6-12H2,1H3,(H,23,25,27). The number of amides is 4. The number of anilines is 1. The van der Waals surface area contributed by atoms with Gasteiger partial charge in [0.05, 0.1) is 37.6 Å². The monoisotopic (exact) mass is 447 g/mol. The molecule has 0 aliphatic carbocycles. The van der Waals surface area contributed by atoms with Crippen LogP contribution in [0.4, 0.5) is 5.69 Å². The van der Waals surface area contributed by atoms with Gasteiger partial charge in [0.25, 0.3) is 11.8 Å². The number of carbonyl (C=O) groups is 5. The molecule has 32 heavy (non-hydrogen) atoms. The number of piperidine rings is 1. The Hall–Kier alpha value is -3.31. The molecule has 0 bridgehead atoms. The predicted molar refractivity (Wildman–Crippen MR) is 110 cm³/mol. The van der Waals surface area contributed by atoms with E-state index in [1.54, 1.807) is 19.1 Å². The van der Waals surface area contributed by atoms with Crippen molar-refractivity contribution in [1.29, 1.82) is 0 Å². The van der Waals surface area contributed by atoms with Gasteiger partial charge in [-0.25, -0.2) is 4.79 Å². The summed E-state index contributed by atoms with van der Waals surface area (Å²) in [6.07, 6.45) is 0.167. The first-order valence-corrected chi connectivity index (χ1v) is 10.3. The molecule has 2 N–H and O–H groups in total. The van der Waals surface area contributed by atoms with E-state index in [2.05, 4.69) is 10.6 Å². The average Bonchev–Trinajstić information content (AvgIpc) is 3.01. The van der Waals surface area contributed by atoms with Gasteiger partial charge in [-0.2, -0.15) is 0 Å². The molecule has 11 nitrogen and oxygen atoms in total. The highest BCUT2D eigenvalue weighted by molar-refractivity contribution is 6.25. The van der Waals surface area contributed by atoms with Crippen molar-refractivity contribution in [3.63, 3.8) is 0 Å². The van der Waals surface area contributed by atoms with E-state index in [-0.39, 0.29) is 43.8 Å². The molecule has 1 aromatic rings. The zero-order valence-electron chi connectivity index (χ0n) is 17.7. The van der Waals surface area contributed by atoms with Gasteiger partial charge in [-0.3, -0.25) is 29.4 Å². The van der Waals surface area contributed by atoms with Crippen LogP contribution in [-0.2, 0) is 28.6 Å². The molecular weight excluding hydrogens is 422 g/mol. The number of hydrogen-bond donors (Lipinski definition) is 2. The quantitative estimate of drug-likeness (QED) is 0.274. The zero-order chi connectivity index (χ0) is 23.1. The summed E-state index contributed by atoms with van der Waals surface area (Å²) in [6.45, 7) is 3.03. The van der Waals surface area contributed by atoms with Gasteiger partial charge in [-0.05, 0) is 25.5 Å². The number of benzene rings is 1. The number of nitrogens with one attached hydrogen (secondary N) is 2. The Morgan fingerprint density at radius 1 is 1.12 bits per heavy atom. The fourth-order valence-corrected chi connectivity index (χ4v) is 3.50. The van der Waals surface area contributed by atoms with Crippen molar-refractivity contribution in [3.05, 3.63) is 29.3 Å². The highest BCUT2D eigenvalue weighted by Crippen LogP contribution is 2.32. The number of nitrogens with zero attached hydrogens (tertiary/aromatic N) is 1. The fraction of sp³-hybridized carbons (Fsp3) is 0.476. The van der Waals surface area contributed by atoms with Crippen LogP contribution in [0.25, 0.3) is 0 Å². The predicted octanol–water partition coefficient (Wildman–Crippen LogP) is 0.0960. The number of fused-ring (bicyclic) bond motifs is 1. The number of imide groups is 2. The van der Waals surface area contributed by atoms with Gasteiger partial charge in [-0.1, -0.05) is 6.07 Å². The molecule has 1 fully saturated rings. The Labute approximate surface area is 184 Å². The summed E-state index contributed by atoms with van der Waals surface area (Å²) in [5.74, 6) is -2.63. The second-order valence-corrected chi connectivity index (χ2v) is 7.07. The number of carbonyl (C=O) groups excluding carboxylic acids is 5. The summed E-state index contributed by atoms with van der Waals surface area (Å²) in [4.78, 5) is 61.4. The lowest BCUT2D eigenvalue weighted by Crippen LogP contribution is -2.54. The van der Waals surface area contributed by atoms with Crippen LogP contribution in [0.2, 0.25) is 0 Å². The van der Waals surface area contributed by atoms with Crippen LogP contribution in [0, 0.1) is 0 Å². The van der Waals surface area contributed by atoms with Gasteiger partial charge >= 0.3 is 5.97 Å². The average molecular weight is 447 g/mol. The molecule has 2 aliphatic heterocycles. The minimum absolute atomic E-state index is 0.0652. The van der Waals surface area contributed by atoms with Crippen molar-refractivity contribution < 1.29 is 38.2 Å². The van der Waals surface area contributed by atoms with Gasteiger partial charge in [0, 0.05) is 18.7 Å². The molecule has 2 heterocycles. The lowest BCUT2D eigenvalue weighted by molar-refractivity contribution is -0.149. The van der Waals surface area contributed by atoms with Crippen molar-refractivity contribution in [2.75, 3.05) is 44.9 Å². The van der Waals surface area contributed by atoms with E-state index in [4.69, 9.17) is 14.2 Å². The largest absolute Gasteiger partial charge is 0.464 e. The van der Waals surface area contributed by atoms with E-state index in [9.17, 15) is 24.0 Å². The molecule has 4 amide bonds. The summed E-state index contributed by atoms with van der Waals surface area (Å²) in [6, 6.07) is 3.83. The van der Waals surface area contributed by atoms with E-state index < -0.39 is 35.6 Å². The van der Waals surface area contributed by atoms with Crippen LogP contribution < -0.4 is 10.6 Å². The van der Waals surface area contributed by atoms with Gasteiger partial charge in [-0.15, -0.1) is 0 Å². The van der Waals surface area contributed by atoms with Crippen LogP contribution >= 0.6 is 0 Å². The van der Waals surface area contributed by atoms with Gasteiger partial charge in [0.15, 0.2) is 0 Å². The number of ether oxygens (including phenoxy) is 3. The zero-order valence-corrected chi connectivity index (χ0v) is 17.7. The first kappa shape index (κ1) is 23.4. The maximum absolute atomic E-state index is 13.0. The normalized spacial score (nSPS) is 17.9. The van der Waals surface area contributed by atoms with E-state index >= 15 is 0 Å². The fourth-order valence-electron chi connectivity index (χ4n) is 3.50. The number of esters is 1. The molecule has 1 saturated heterocycles. The Morgan fingerprint density at radius 2 is 1.91 bits per heavy atom. The lowest BCUT2D eigenvalue weighted by atomic mass is 10.0. The van der Waals surface area contributed by atoms with E-state index in [0.29, 0.717) is 25.4 Å². The molecule has 1 aromatic carbocycles. The number of rotatable bonds is 11. The minimum Gasteiger partial charge on any atom is -0.464 e. The van der Waals surface area contributed by atoms with E-state index in [1.165, 1.54) is 6.07 Å². The van der Waals surface area contributed by atoms with E-state index in [1.807, 2.05) is 0 Å². The Bertz CT molecular complexity index is 916. The molecule has 0 radical (unpaired) electrons. The van der Waals surface area contributed by atoms with Gasteiger partial charge in [0.2, 0.25) is 11.8 Å². The van der Waals surface area contributed by atoms with Crippen molar-refractivity contribution >= 4 is 35.3 Å². The van der Waals surface area contributed by atoms with E-state index in [0.717, 1.165) is 4.90 Å². The summed E-state index contributed by atoms with van der Waals surface area (Å²) in [5.41, 5.74) is 0.857. The summed E-state index contributed by atoms with van der Waals surface area (Å²) >= 11 is 0. The molecule has 2 aliphatic rings. The first-order valence-electron chi connectivity index (χ1n) is 10.3. The lowest BCUT2D eigenvalue weighted by Gasteiger charge is -2.27. The summed E-state index contributed by atoms with van der Waals surface area (Å²) < 4.78 is 15.3. The molecule has 0 saturated carbocycles. The van der Waals surface area contributed by atoms with Gasteiger partial charge in [0.1, 0.15) is 12.6 Å². The molecule has 11 heteroatoms. The van der Waals surface area contributed by atoms with Crippen molar-refractivity contribution in [2.45, 2.75) is 25.8 Å².